The third kappa shape index (κ3) is 4.52. The first-order chi connectivity index (χ1) is 13.4. The van der Waals surface area contributed by atoms with E-state index in [4.69, 9.17) is 4.74 Å². The summed E-state index contributed by atoms with van der Waals surface area (Å²) in [5.74, 6) is -0.408. The summed E-state index contributed by atoms with van der Waals surface area (Å²) in [4.78, 5) is 29.4. The van der Waals surface area contributed by atoms with Crippen LogP contribution >= 0.6 is 0 Å². The van der Waals surface area contributed by atoms with Crippen molar-refractivity contribution in [1.29, 1.82) is 0 Å². The first-order valence-electron chi connectivity index (χ1n) is 9.81. The Labute approximate surface area is 165 Å². The maximum atomic E-state index is 14.2. The SMILES string of the molecule is C=C1CC(=O)N(CCCN2CCN(c3cccc(F)c3OC(C)C)CC2)C1=O. The van der Waals surface area contributed by atoms with E-state index in [1.807, 2.05) is 19.9 Å². The van der Waals surface area contributed by atoms with E-state index in [0.29, 0.717) is 17.9 Å². The highest BCUT2D eigenvalue weighted by molar-refractivity contribution is 6.12. The van der Waals surface area contributed by atoms with Gasteiger partial charge < -0.3 is 9.64 Å². The molecule has 2 amide bonds. The summed E-state index contributed by atoms with van der Waals surface area (Å²) in [6.45, 7) is 11.9. The Hall–Kier alpha value is -2.41. The lowest BCUT2D eigenvalue weighted by Crippen LogP contribution is -2.47. The molecule has 152 valence electrons. The van der Waals surface area contributed by atoms with E-state index in [-0.39, 0.29) is 30.2 Å². The predicted molar refractivity (Wildman–Crippen MR) is 106 cm³/mol. The number of hydrogen-bond donors (Lipinski definition) is 0. The second-order valence-corrected chi connectivity index (χ2v) is 7.57. The average molecular weight is 389 g/mol. The van der Waals surface area contributed by atoms with E-state index in [9.17, 15) is 14.0 Å². The number of piperazine rings is 1. The number of ether oxygens (including phenoxy) is 1. The zero-order valence-corrected chi connectivity index (χ0v) is 16.6. The van der Waals surface area contributed by atoms with Gasteiger partial charge in [0.25, 0.3) is 5.91 Å². The maximum Gasteiger partial charge on any atom is 0.256 e. The minimum Gasteiger partial charge on any atom is -0.486 e. The van der Waals surface area contributed by atoms with Crippen LogP contribution < -0.4 is 9.64 Å². The molecule has 0 aromatic heterocycles. The van der Waals surface area contributed by atoms with Crippen LogP contribution in [0.25, 0.3) is 0 Å². The molecule has 6 nitrogen and oxygen atoms in total. The molecule has 0 saturated carbocycles. The van der Waals surface area contributed by atoms with Crippen molar-refractivity contribution in [3.05, 3.63) is 36.2 Å². The van der Waals surface area contributed by atoms with Gasteiger partial charge in [0.2, 0.25) is 5.91 Å². The van der Waals surface area contributed by atoms with E-state index in [1.54, 1.807) is 6.07 Å². The summed E-state index contributed by atoms with van der Waals surface area (Å²) in [6.07, 6.45) is 0.794. The van der Waals surface area contributed by atoms with Crippen LogP contribution in [0.5, 0.6) is 5.75 Å². The van der Waals surface area contributed by atoms with E-state index in [1.165, 1.54) is 11.0 Å². The van der Waals surface area contributed by atoms with Crippen LogP contribution in [0.2, 0.25) is 0 Å². The van der Waals surface area contributed by atoms with Crippen LogP contribution in [-0.2, 0) is 9.59 Å². The van der Waals surface area contributed by atoms with Crippen molar-refractivity contribution < 1.29 is 18.7 Å². The van der Waals surface area contributed by atoms with Crippen molar-refractivity contribution in [2.24, 2.45) is 0 Å². The quantitative estimate of drug-likeness (QED) is 0.530. The minimum atomic E-state index is -0.338. The second-order valence-electron chi connectivity index (χ2n) is 7.57. The van der Waals surface area contributed by atoms with Crippen molar-refractivity contribution >= 4 is 17.5 Å². The fourth-order valence-corrected chi connectivity index (χ4v) is 3.65. The van der Waals surface area contributed by atoms with Crippen LogP contribution in [0.15, 0.2) is 30.4 Å². The van der Waals surface area contributed by atoms with Gasteiger partial charge in [-0.25, -0.2) is 4.39 Å². The smallest absolute Gasteiger partial charge is 0.256 e. The highest BCUT2D eigenvalue weighted by Gasteiger charge is 2.32. The van der Waals surface area contributed by atoms with Crippen molar-refractivity contribution in [3.8, 4) is 5.75 Å². The molecule has 0 spiro atoms. The van der Waals surface area contributed by atoms with Gasteiger partial charge in [0.1, 0.15) is 0 Å². The minimum absolute atomic E-state index is 0.0935. The second kappa shape index (κ2) is 8.73. The predicted octanol–water partition coefficient (Wildman–Crippen LogP) is 2.44. The summed E-state index contributed by atoms with van der Waals surface area (Å²) in [5, 5.41) is 0. The molecular weight excluding hydrogens is 361 g/mol. The van der Waals surface area contributed by atoms with Crippen LogP contribution in [0.3, 0.4) is 0 Å². The Bertz CT molecular complexity index is 757. The zero-order chi connectivity index (χ0) is 20.3. The fraction of sp³-hybridized carbons (Fsp3) is 0.524. The number of likely N-dealkylation sites (tertiary alicyclic amines) is 1. The number of amides is 2. The highest BCUT2D eigenvalue weighted by atomic mass is 19.1. The molecule has 0 radical (unpaired) electrons. The molecule has 0 atom stereocenters. The van der Waals surface area contributed by atoms with E-state index in [2.05, 4.69) is 16.4 Å². The number of hydrogen-bond acceptors (Lipinski definition) is 5. The van der Waals surface area contributed by atoms with Crippen LogP contribution in [0.4, 0.5) is 10.1 Å². The molecule has 0 bridgehead atoms. The normalized spacial score (nSPS) is 18.5. The third-order valence-corrected chi connectivity index (χ3v) is 5.08. The van der Waals surface area contributed by atoms with Crippen molar-refractivity contribution in [2.75, 3.05) is 44.2 Å². The van der Waals surface area contributed by atoms with Crippen LogP contribution in [0.1, 0.15) is 26.7 Å². The van der Waals surface area contributed by atoms with Gasteiger partial charge in [-0.1, -0.05) is 12.6 Å². The highest BCUT2D eigenvalue weighted by Crippen LogP contribution is 2.32. The maximum absolute atomic E-state index is 14.2. The molecule has 0 aliphatic carbocycles. The van der Waals surface area contributed by atoms with Gasteiger partial charge in [-0.3, -0.25) is 19.4 Å². The number of nitrogens with zero attached hydrogens (tertiary/aromatic N) is 3. The number of halogens is 1. The van der Waals surface area contributed by atoms with Gasteiger partial charge in [-0.15, -0.1) is 0 Å². The summed E-state index contributed by atoms with van der Waals surface area (Å²) in [5.41, 5.74) is 1.17. The largest absolute Gasteiger partial charge is 0.486 e. The molecule has 3 rings (SSSR count). The van der Waals surface area contributed by atoms with Gasteiger partial charge >= 0.3 is 0 Å². The Kier molecular flexibility index (Phi) is 6.34. The van der Waals surface area contributed by atoms with E-state index < -0.39 is 0 Å². The summed E-state index contributed by atoms with van der Waals surface area (Å²) >= 11 is 0. The summed E-state index contributed by atoms with van der Waals surface area (Å²) in [7, 11) is 0. The molecule has 2 aliphatic rings. The number of anilines is 1. The molecule has 1 aromatic carbocycles. The van der Waals surface area contributed by atoms with Crippen molar-refractivity contribution in [2.45, 2.75) is 32.8 Å². The number of imide groups is 1. The van der Waals surface area contributed by atoms with Crippen LogP contribution in [0, 0.1) is 5.82 Å². The average Bonchev–Trinajstić information content (AvgIpc) is 2.90. The molecule has 0 N–H and O–H groups in total. The molecule has 0 unspecified atom stereocenters. The zero-order valence-electron chi connectivity index (χ0n) is 16.6. The molecule has 2 saturated heterocycles. The number of rotatable bonds is 7. The monoisotopic (exact) mass is 389 g/mol. The van der Waals surface area contributed by atoms with Gasteiger partial charge in [-0.2, -0.15) is 0 Å². The standard InChI is InChI=1S/C21H28FN3O3/c1-15(2)28-20-17(22)6-4-7-18(20)24-12-10-23(11-13-24)8-5-9-25-19(26)14-16(3)21(25)27/h4,6-7,15H,3,5,8-14H2,1-2H3. The molecule has 2 fully saturated rings. The summed E-state index contributed by atoms with van der Waals surface area (Å²) < 4.78 is 19.9. The Balaban J connectivity index is 1.50. The number of carbonyl (C=O) groups excluding carboxylic acids is 2. The molecular formula is C21H28FN3O3. The molecule has 28 heavy (non-hydrogen) atoms. The van der Waals surface area contributed by atoms with Crippen molar-refractivity contribution in [1.82, 2.24) is 9.80 Å². The van der Waals surface area contributed by atoms with Gasteiger partial charge in [-0.05, 0) is 38.9 Å². The lowest BCUT2D eigenvalue weighted by atomic mass is 10.2. The first kappa shape index (κ1) is 20.3. The molecule has 2 aliphatic heterocycles. The Morgan fingerprint density at radius 3 is 2.46 bits per heavy atom. The fourth-order valence-electron chi connectivity index (χ4n) is 3.65. The number of para-hydroxylation sites is 1. The third-order valence-electron chi connectivity index (χ3n) is 5.08. The summed E-state index contributed by atoms with van der Waals surface area (Å²) in [6, 6.07) is 5.03. The topological polar surface area (TPSA) is 53.1 Å². The number of carbonyl (C=O) groups is 2. The van der Waals surface area contributed by atoms with Crippen LogP contribution in [-0.4, -0.2) is 67.0 Å². The molecule has 2 heterocycles. The van der Waals surface area contributed by atoms with Gasteiger partial charge in [0.15, 0.2) is 11.6 Å². The van der Waals surface area contributed by atoms with Crippen molar-refractivity contribution in [3.63, 3.8) is 0 Å². The van der Waals surface area contributed by atoms with Gasteiger partial charge in [0.05, 0.1) is 18.2 Å². The Morgan fingerprint density at radius 1 is 1.14 bits per heavy atom. The lowest BCUT2D eigenvalue weighted by Gasteiger charge is -2.37. The van der Waals surface area contributed by atoms with E-state index in [0.717, 1.165) is 44.8 Å². The molecule has 1 aromatic rings. The lowest BCUT2D eigenvalue weighted by molar-refractivity contribution is -0.137. The van der Waals surface area contributed by atoms with Gasteiger partial charge in [0, 0.05) is 38.3 Å². The number of benzene rings is 1. The van der Waals surface area contributed by atoms with E-state index >= 15 is 0 Å². The molecule has 7 heteroatoms. The first-order valence-corrected chi connectivity index (χ1v) is 9.81. The Morgan fingerprint density at radius 2 is 1.86 bits per heavy atom.